The first-order chi connectivity index (χ1) is 7.67. The van der Waals surface area contributed by atoms with E-state index in [1.165, 1.54) is 5.82 Å². The van der Waals surface area contributed by atoms with E-state index >= 15 is 0 Å². The molecule has 1 aromatic heterocycles. The van der Waals surface area contributed by atoms with Crippen LogP contribution < -0.4 is 28.5 Å². The number of aromatic nitrogens is 2. The fraction of sp³-hybridized carbons (Fsp3) is 0.700. The van der Waals surface area contributed by atoms with Crippen LogP contribution in [0.4, 0.5) is 0 Å². The fourth-order valence-corrected chi connectivity index (χ4v) is 3.44. The van der Waals surface area contributed by atoms with Crippen LogP contribution in [0.2, 0.25) is 6.04 Å². The van der Waals surface area contributed by atoms with E-state index in [2.05, 4.69) is 9.55 Å². The molecule has 0 bridgehead atoms. The van der Waals surface area contributed by atoms with E-state index in [4.69, 9.17) is 13.3 Å². The minimum absolute atomic E-state index is 0. The molecular formula is C10H21IN2O3Si. The van der Waals surface area contributed by atoms with Gasteiger partial charge in [0.2, 0.25) is 0 Å². The van der Waals surface area contributed by atoms with E-state index < -0.39 is 8.80 Å². The van der Waals surface area contributed by atoms with Crippen LogP contribution >= 0.6 is 0 Å². The Bertz CT molecular complexity index is 310. The van der Waals surface area contributed by atoms with Crippen LogP contribution in [-0.2, 0) is 26.7 Å². The van der Waals surface area contributed by atoms with Crippen LogP contribution in [-0.4, -0.2) is 35.1 Å². The topological polar surface area (TPSA) is 47.4 Å². The molecule has 1 heterocycles. The van der Waals surface area contributed by atoms with Crippen molar-refractivity contribution in [2.24, 2.45) is 7.05 Å². The maximum atomic E-state index is 5.36. The van der Waals surface area contributed by atoms with Gasteiger partial charge in [0.25, 0.3) is 5.82 Å². The quantitative estimate of drug-likeness (QED) is 0.332. The summed E-state index contributed by atoms with van der Waals surface area (Å²) in [7, 11) is 4.58. The number of hydrogen-bond acceptors (Lipinski definition) is 3. The zero-order valence-corrected chi connectivity index (χ0v) is 14.0. The van der Waals surface area contributed by atoms with Crippen LogP contribution in [0.5, 0.6) is 0 Å². The summed E-state index contributed by atoms with van der Waals surface area (Å²) in [6.07, 6.45) is 5.89. The summed E-state index contributed by atoms with van der Waals surface area (Å²) in [6, 6.07) is 0.829. The molecule has 0 amide bonds. The number of hydrogen-bond donors (Lipinski definition) is 1. The SMILES string of the molecule is CO[Si](CCCc1[nH]cc[n+]1C)(OC)OC.[I-]. The van der Waals surface area contributed by atoms with Gasteiger partial charge in [0, 0.05) is 33.8 Å². The highest BCUT2D eigenvalue weighted by atomic mass is 127. The summed E-state index contributed by atoms with van der Waals surface area (Å²) < 4.78 is 18.2. The molecule has 1 N–H and O–H groups in total. The van der Waals surface area contributed by atoms with Crippen LogP contribution in [0, 0.1) is 0 Å². The summed E-state index contributed by atoms with van der Waals surface area (Å²) in [6.45, 7) is 0. The van der Waals surface area contributed by atoms with Crippen molar-refractivity contribution in [2.75, 3.05) is 21.3 Å². The minimum Gasteiger partial charge on any atom is -1.00 e. The standard InChI is InChI=1S/C10H20N2O3Si.HI/c1-12-8-7-11-10(12)6-5-9-16(13-2,14-3)15-4;/h7-8H,5-6,9H2,1-4H3;1H. The lowest BCUT2D eigenvalue weighted by molar-refractivity contribution is -0.677. The Balaban J connectivity index is 0.00000256. The second-order valence-electron chi connectivity index (χ2n) is 3.67. The Morgan fingerprint density at radius 2 is 1.82 bits per heavy atom. The molecule has 1 rings (SSSR count). The van der Waals surface area contributed by atoms with Gasteiger partial charge in [0.15, 0.2) is 0 Å². The average Bonchev–Trinajstić information content (AvgIpc) is 2.71. The number of aryl methyl sites for hydroxylation is 2. The van der Waals surface area contributed by atoms with Gasteiger partial charge in [-0.1, -0.05) is 0 Å². The summed E-state index contributed by atoms with van der Waals surface area (Å²) in [5.74, 6) is 1.20. The molecule has 100 valence electrons. The van der Waals surface area contributed by atoms with Gasteiger partial charge in [-0.05, 0) is 6.42 Å². The van der Waals surface area contributed by atoms with Crippen molar-refractivity contribution in [3.8, 4) is 0 Å². The molecule has 0 aliphatic heterocycles. The first-order valence-electron chi connectivity index (χ1n) is 5.35. The molecule has 0 spiro atoms. The zero-order valence-electron chi connectivity index (χ0n) is 10.8. The molecule has 0 aliphatic carbocycles. The third-order valence-electron chi connectivity index (χ3n) is 2.80. The Hall–Kier alpha value is 0.0369. The van der Waals surface area contributed by atoms with Gasteiger partial charge >= 0.3 is 8.80 Å². The van der Waals surface area contributed by atoms with Crippen molar-refractivity contribution in [3.63, 3.8) is 0 Å². The van der Waals surface area contributed by atoms with Gasteiger partial charge in [0.1, 0.15) is 12.4 Å². The van der Waals surface area contributed by atoms with Crippen molar-refractivity contribution in [3.05, 3.63) is 18.2 Å². The van der Waals surface area contributed by atoms with Gasteiger partial charge in [0.05, 0.1) is 7.05 Å². The molecular weight excluding hydrogens is 351 g/mol. The Morgan fingerprint density at radius 1 is 1.24 bits per heavy atom. The maximum Gasteiger partial charge on any atom is 0.500 e. The lowest BCUT2D eigenvalue weighted by atomic mass is 10.3. The monoisotopic (exact) mass is 372 g/mol. The molecule has 0 saturated carbocycles. The number of nitrogens with zero attached hydrogens (tertiary/aromatic N) is 1. The number of nitrogens with one attached hydrogen (secondary N) is 1. The first-order valence-corrected chi connectivity index (χ1v) is 7.28. The maximum absolute atomic E-state index is 5.36. The Morgan fingerprint density at radius 3 is 2.24 bits per heavy atom. The van der Waals surface area contributed by atoms with E-state index in [0.29, 0.717) is 0 Å². The molecule has 0 fully saturated rings. The lowest BCUT2D eigenvalue weighted by Crippen LogP contribution is -3.00. The fourth-order valence-electron chi connectivity index (χ4n) is 1.71. The molecule has 5 nitrogen and oxygen atoms in total. The second-order valence-corrected chi connectivity index (χ2v) is 6.76. The predicted octanol–water partition coefficient (Wildman–Crippen LogP) is -2.35. The highest BCUT2D eigenvalue weighted by Gasteiger charge is 2.37. The van der Waals surface area contributed by atoms with Gasteiger partial charge in [-0.2, -0.15) is 0 Å². The van der Waals surface area contributed by atoms with E-state index in [1.54, 1.807) is 21.3 Å². The molecule has 17 heavy (non-hydrogen) atoms. The predicted molar refractivity (Wildman–Crippen MR) is 61.9 cm³/mol. The second kappa shape index (κ2) is 8.19. The molecule has 0 saturated heterocycles. The Labute approximate surface area is 121 Å². The zero-order chi connectivity index (χ0) is 12.0. The number of H-pyrrole nitrogens is 1. The van der Waals surface area contributed by atoms with E-state index in [0.717, 1.165) is 18.9 Å². The highest BCUT2D eigenvalue weighted by molar-refractivity contribution is 6.60. The molecule has 7 heteroatoms. The summed E-state index contributed by atoms with van der Waals surface area (Å²) in [5, 5.41) is 0. The molecule has 0 unspecified atom stereocenters. The highest BCUT2D eigenvalue weighted by Crippen LogP contribution is 2.15. The number of halogens is 1. The Kier molecular flexibility index (Phi) is 8.21. The first kappa shape index (κ1) is 17.0. The van der Waals surface area contributed by atoms with E-state index in [-0.39, 0.29) is 24.0 Å². The summed E-state index contributed by atoms with van der Waals surface area (Å²) in [5.41, 5.74) is 0. The molecule has 0 aromatic carbocycles. The van der Waals surface area contributed by atoms with E-state index in [1.807, 2.05) is 19.4 Å². The van der Waals surface area contributed by atoms with Crippen LogP contribution in [0.15, 0.2) is 12.4 Å². The minimum atomic E-state index is -2.39. The van der Waals surface area contributed by atoms with Crippen molar-refractivity contribution in [1.29, 1.82) is 0 Å². The van der Waals surface area contributed by atoms with Crippen molar-refractivity contribution in [1.82, 2.24) is 4.98 Å². The number of rotatable bonds is 7. The van der Waals surface area contributed by atoms with Gasteiger partial charge in [-0.15, -0.1) is 0 Å². The molecule has 1 aromatic rings. The van der Waals surface area contributed by atoms with Gasteiger partial charge < -0.3 is 37.3 Å². The molecule has 0 radical (unpaired) electrons. The third-order valence-corrected chi connectivity index (χ3v) is 5.64. The molecule has 0 atom stereocenters. The number of aromatic amines is 1. The van der Waals surface area contributed by atoms with Crippen molar-refractivity contribution >= 4 is 8.80 Å². The number of imidazole rings is 1. The molecule has 0 aliphatic rings. The van der Waals surface area contributed by atoms with Crippen molar-refractivity contribution in [2.45, 2.75) is 18.9 Å². The summed E-state index contributed by atoms with van der Waals surface area (Å²) in [4.78, 5) is 3.20. The van der Waals surface area contributed by atoms with Crippen LogP contribution in [0.25, 0.3) is 0 Å². The smallest absolute Gasteiger partial charge is 0.500 e. The van der Waals surface area contributed by atoms with Crippen LogP contribution in [0.3, 0.4) is 0 Å². The van der Waals surface area contributed by atoms with Crippen molar-refractivity contribution < 1.29 is 41.8 Å². The normalized spacial score (nSPS) is 11.3. The largest absolute Gasteiger partial charge is 1.00 e. The van der Waals surface area contributed by atoms with Gasteiger partial charge in [-0.25, -0.2) is 9.55 Å². The average molecular weight is 372 g/mol. The van der Waals surface area contributed by atoms with E-state index in [9.17, 15) is 0 Å². The van der Waals surface area contributed by atoms with Gasteiger partial charge in [-0.3, -0.25) is 0 Å². The third kappa shape index (κ3) is 4.66. The van der Waals surface area contributed by atoms with Crippen LogP contribution in [0.1, 0.15) is 12.2 Å². The lowest BCUT2D eigenvalue weighted by Gasteiger charge is -2.23. The summed E-state index contributed by atoms with van der Waals surface area (Å²) >= 11 is 0.